The minimum absolute atomic E-state index is 0.326. The Labute approximate surface area is 86.1 Å². The first-order valence-corrected chi connectivity index (χ1v) is 4.52. The van der Waals surface area contributed by atoms with Gasteiger partial charge < -0.3 is 9.73 Å². The quantitative estimate of drug-likeness (QED) is 0.708. The highest BCUT2D eigenvalue weighted by Crippen LogP contribution is 2.35. The van der Waals surface area contributed by atoms with Crippen molar-refractivity contribution in [1.29, 1.82) is 0 Å². The van der Waals surface area contributed by atoms with E-state index < -0.39 is 17.5 Å². The zero-order valence-electron chi connectivity index (χ0n) is 8.40. The zero-order valence-corrected chi connectivity index (χ0v) is 8.40. The van der Waals surface area contributed by atoms with Gasteiger partial charge in [0.1, 0.15) is 11.8 Å². The van der Waals surface area contributed by atoms with Crippen LogP contribution in [0.25, 0.3) is 0 Å². The molecule has 1 atom stereocenters. The van der Waals surface area contributed by atoms with Gasteiger partial charge in [0.25, 0.3) is 0 Å². The Hall–Kier alpha value is -1.85. The SMILES string of the molecule is CC1(C)C(=O)NC(=O)NC1c1cnco1. The fourth-order valence-electron chi connectivity index (χ4n) is 1.54. The van der Waals surface area contributed by atoms with E-state index >= 15 is 0 Å². The van der Waals surface area contributed by atoms with Crippen LogP contribution in [0.15, 0.2) is 17.0 Å². The van der Waals surface area contributed by atoms with Crippen molar-refractivity contribution in [1.82, 2.24) is 15.6 Å². The van der Waals surface area contributed by atoms with Gasteiger partial charge in [0.05, 0.1) is 11.6 Å². The fourth-order valence-corrected chi connectivity index (χ4v) is 1.54. The van der Waals surface area contributed by atoms with Crippen molar-refractivity contribution in [2.45, 2.75) is 19.9 Å². The van der Waals surface area contributed by atoms with Crippen LogP contribution in [-0.4, -0.2) is 16.9 Å². The first-order chi connectivity index (χ1) is 7.01. The molecule has 1 aromatic rings. The number of oxazole rings is 1. The van der Waals surface area contributed by atoms with E-state index in [0.717, 1.165) is 0 Å². The van der Waals surface area contributed by atoms with Gasteiger partial charge in [0.15, 0.2) is 6.39 Å². The smallest absolute Gasteiger partial charge is 0.322 e. The van der Waals surface area contributed by atoms with Crippen LogP contribution in [0.3, 0.4) is 0 Å². The predicted molar refractivity (Wildman–Crippen MR) is 49.7 cm³/mol. The molecule has 3 amide bonds. The second kappa shape index (κ2) is 3.08. The normalized spacial score (nSPS) is 24.5. The van der Waals surface area contributed by atoms with Gasteiger partial charge in [-0.25, -0.2) is 9.78 Å². The van der Waals surface area contributed by atoms with Gasteiger partial charge in [-0.05, 0) is 13.8 Å². The van der Waals surface area contributed by atoms with Crippen LogP contribution >= 0.6 is 0 Å². The van der Waals surface area contributed by atoms with E-state index in [0.29, 0.717) is 5.76 Å². The number of hydrogen-bond acceptors (Lipinski definition) is 4. The largest absolute Gasteiger partial charge is 0.446 e. The maximum Gasteiger partial charge on any atom is 0.322 e. The summed E-state index contributed by atoms with van der Waals surface area (Å²) in [6, 6.07) is -0.998. The lowest BCUT2D eigenvalue weighted by Gasteiger charge is -2.35. The number of nitrogens with one attached hydrogen (secondary N) is 2. The number of urea groups is 1. The summed E-state index contributed by atoms with van der Waals surface area (Å²) >= 11 is 0. The molecule has 1 fully saturated rings. The van der Waals surface area contributed by atoms with Gasteiger partial charge in [0, 0.05) is 0 Å². The summed E-state index contributed by atoms with van der Waals surface area (Å²) in [5.41, 5.74) is -0.757. The molecular formula is C9H11N3O3. The van der Waals surface area contributed by atoms with Gasteiger partial charge in [-0.3, -0.25) is 10.1 Å². The second-order valence-corrected chi connectivity index (χ2v) is 3.99. The molecule has 2 rings (SSSR count). The minimum atomic E-state index is -0.757. The summed E-state index contributed by atoms with van der Waals surface area (Å²) < 4.78 is 5.10. The van der Waals surface area contributed by atoms with Crippen LogP contribution in [0.1, 0.15) is 25.6 Å². The van der Waals surface area contributed by atoms with Crippen molar-refractivity contribution in [2.24, 2.45) is 5.41 Å². The van der Waals surface area contributed by atoms with E-state index in [4.69, 9.17) is 4.42 Å². The Balaban J connectivity index is 2.37. The number of hydrogen-bond donors (Lipinski definition) is 2. The predicted octanol–water partition coefficient (Wildman–Crippen LogP) is 0.581. The lowest BCUT2D eigenvalue weighted by atomic mass is 9.81. The topological polar surface area (TPSA) is 84.2 Å². The fraction of sp³-hybridized carbons (Fsp3) is 0.444. The van der Waals surface area contributed by atoms with Crippen LogP contribution in [0.5, 0.6) is 0 Å². The van der Waals surface area contributed by atoms with Crippen molar-refractivity contribution >= 4 is 11.9 Å². The van der Waals surface area contributed by atoms with Gasteiger partial charge in [-0.15, -0.1) is 0 Å². The summed E-state index contributed by atoms with van der Waals surface area (Å²) in [5.74, 6) is 0.149. The number of aromatic nitrogens is 1. The Morgan fingerprint density at radius 1 is 1.47 bits per heavy atom. The Morgan fingerprint density at radius 2 is 2.20 bits per heavy atom. The molecule has 0 radical (unpaired) electrons. The molecule has 6 heteroatoms. The van der Waals surface area contributed by atoms with E-state index in [2.05, 4.69) is 15.6 Å². The van der Waals surface area contributed by atoms with Crippen LogP contribution in [0.4, 0.5) is 4.79 Å². The van der Waals surface area contributed by atoms with Crippen molar-refractivity contribution in [3.63, 3.8) is 0 Å². The second-order valence-electron chi connectivity index (χ2n) is 3.99. The monoisotopic (exact) mass is 209 g/mol. The van der Waals surface area contributed by atoms with E-state index in [1.54, 1.807) is 13.8 Å². The third-order valence-corrected chi connectivity index (χ3v) is 2.55. The van der Waals surface area contributed by atoms with E-state index in [9.17, 15) is 9.59 Å². The molecule has 80 valence electrons. The van der Waals surface area contributed by atoms with Crippen LogP contribution in [-0.2, 0) is 4.79 Å². The maximum absolute atomic E-state index is 11.6. The number of nitrogens with zero attached hydrogens (tertiary/aromatic N) is 1. The van der Waals surface area contributed by atoms with Gasteiger partial charge in [-0.2, -0.15) is 0 Å². The summed E-state index contributed by atoms with van der Waals surface area (Å²) in [7, 11) is 0. The number of imide groups is 1. The highest BCUT2D eigenvalue weighted by molar-refractivity contribution is 6.00. The molecule has 1 aliphatic heterocycles. The van der Waals surface area contributed by atoms with Gasteiger partial charge >= 0.3 is 6.03 Å². The Morgan fingerprint density at radius 3 is 2.80 bits per heavy atom. The number of amides is 3. The number of carbonyl (C=O) groups is 2. The molecule has 2 heterocycles. The molecule has 0 aromatic carbocycles. The van der Waals surface area contributed by atoms with Gasteiger partial charge in [0.2, 0.25) is 5.91 Å². The molecule has 1 saturated heterocycles. The minimum Gasteiger partial charge on any atom is -0.446 e. The van der Waals surface area contributed by atoms with E-state index in [1.165, 1.54) is 12.6 Å². The van der Waals surface area contributed by atoms with E-state index in [-0.39, 0.29) is 5.91 Å². The Bertz CT molecular complexity index is 397. The molecule has 1 unspecified atom stereocenters. The molecule has 1 aliphatic rings. The zero-order chi connectivity index (χ0) is 11.1. The summed E-state index contributed by atoms with van der Waals surface area (Å²) in [4.78, 5) is 26.5. The van der Waals surface area contributed by atoms with Crippen molar-refractivity contribution in [2.75, 3.05) is 0 Å². The Kier molecular flexibility index (Phi) is 1.99. The first kappa shape index (κ1) is 9.70. The molecule has 1 aromatic heterocycles. The maximum atomic E-state index is 11.6. The van der Waals surface area contributed by atoms with Crippen LogP contribution in [0, 0.1) is 5.41 Å². The summed E-state index contributed by atoms with van der Waals surface area (Å²) in [6.07, 6.45) is 2.76. The standard InChI is InChI=1S/C9H11N3O3/c1-9(2)6(5-3-10-4-15-5)11-8(14)12-7(9)13/h3-4,6H,1-2H3,(H2,11,12,13,14). The third kappa shape index (κ3) is 1.47. The summed E-state index contributed by atoms with van der Waals surface area (Å²) in [6.45, 7) is 3.46. The molecule has 0 saturated carbocycles. The van der Waals surface area contributed by atoms with Crippen LogP contribution in [0.2, 0.25) is 0 Å². The molecule has 0 bridgehead atoms. The highest BCUT2D eigenvalue weighted by atomic mass is 16.3. The van der Waals surface area contributed by atoms with E-state index in [1.807, 2.05) is 0 Å². The third-order valence-electron chi connectivity index (χ3n) is 2.55. The molecule has 0 spiro atoms. The van der Waals surface area contributed by atoms with Crippen molar-refractivity contribution < 1.29 is 14.0 Å². The molecule has 2 N–H and O–H groups in total. The average Bonchev–Trinajstić information content (AvgIpc) is 2.64. The highest BCUT2D eigenvalue weighted by Gasteiger charge is 2.45. The molecule has 6 nitrogen and oxygen atoms in total. The molecular weight excluding hydrogens is 198 g/mol. The lowest BCUT2D eigenvalue weighted by molar-refractivity contribution is -0.131. The molecule has 0 aliphatic carbocycles. The molecule has 15 heavy (non-hydrogen) atoms. The number of carbonyl (C=O) groups excluding carboxylic acids is 2. The number of rotatable bonds is 1. The van der Waals surface area contributed by atoms with Crippen molar-refractivity contribution in [3.05, 3.63) is 18.4 Å². The van der Waals surface area contributed by atoms with Crippen molar-refractivity contribution in [3.8, 4) is 0 Å². The lowest BCUT2D eigenvalue weighted by Crippen LogP contribution is -2.58. The summed E-state index contributed by atoms with van der Waals surface area (Å²) in [5, 5.41) is 4.85. The van der Waals surface area contributed by atoms with Crippen LogP contribution < -0.4 is 10.6 Å². The van der Waals surface area contributed by atoms with Gasteiger partial charge in [-0.1, -0.05) is 0 Å². The first-order valence-electron chi connectivity index (χ1n) is 4.52. The average molecular weight is 209 g/mol.